The van der Waals surface area contributed by atoms with Gasteiger partial charge in [0.25, 0.3) is 0 Å². The first-order valence-corrected chi connectivity index (χ1v) is 10.7. The Morgan fingerprint density at radius 3 is 2.80 bits per heavy atom. The molecule has 3 rings (SSSR count). The van der Waals surface area contributed by atoms with E-state index in [1.165, 1.54) is 0 Å². The molecule has 0 saturated carbocycles. The number of hydrogen-bond donors (Lipinski definition) is 0. The van der Waals surface area contributed by atoms with Crippen LogP contribution in [0, 0.1) is 0 Å². The molecular weight excluding hydrogens is 423 g/mol. The minimum Gasteiger partial charge on any atom is -0.369 e. The van der Waals surface area contributed by atoms with Crippen LogP contribution in [0.2, 0.25) is 0 Å². The number of hydrogen-bond acceptors (Lipinski definition) is 7. The molecule has 2 aromatic rings. The molecule has 1 aliphatic rings. The molecule has 0 unspecified atom stereocenters. The Bertz CT molecular complexity index is 1030. The molecular formula is C19H22F3N3O4S. The summed E-state index contributed by atoms with van der Waals surface area (Å²) in [5, 5.41) is 0.885. The number of aliphatic imine (C=N–C) groups is 1. The largest absolute Gasteiger partial charge is 0.523 e. The molecule has 1 aromatic carbocycles. The monoisotopic (exact) mass is 445 g/mol. The lowest BCUT2D eigenvalue weighted by atomic mass is 10.0. The summed E-state index contributed by atoms with van der Waals surface area (Å²) in [6.07, 6.45) is 2.92. The summed E-state index contributed by atoms with van der Waals surface area (Å²) in [5.41, 5.74) is -2.82. The molecule has 0 N–H and O–H groups in total. The molecule has 1 aliphatic heterocycles. The minimum atomic E-state index is -5.67. The van der Waals surface area contributed by atoms with E-state index in [1.54, 1.807) is 26.4 Å². The summed E-state index contributed by atoms with van der Waals surface area (Å²) in [5.74, 6) is 0. The first kappa shape index (κ1) is 22.4. The van der Waals surface area contributed by atoms with Gasteiger partial charge in [0.1, 0.15) is 6.10 Å². The van der Waals surface area contributed by atoms with Gasteiger partial charge in [0, 0.05) is 50.0 Å². The van der Waals surface area contributed by atoms with Crippen molar-refractivity contribution in [2.75, 3.05) is 31.6 Å². The van der Waals surface area contributed by atoms with E-state index in [-0.39, 0.29) is 12.6 Å². The highest BCUT2D eigenvalue weighted by molar-refractivity contribution is 7.87. The van der Waals surface area contributed by atoms with Crippen molar-refractivity contribution in [2.24, 2.45) is 4.99 Å². The van der Waals surface area contributed by atoms with Crippen LogP contribution in [0.3, 0.4) is 0 Å². The van der Waals surface area contributed by atoms with Gasteiger partial charge in [0.05, 0.1) is 18.2 Å². The molecule has 2 atom stereocenters. The zero-order chi connectivity index (χ0) is 21.9. The van der Waals surface area contributed by atoms with Crippen molar-refractivity contribution < 1.29 is 30.5 Å². The Kier molecular flexibility index (Phi) is 6.63. The topological polar surface area (TPSA) is 81.1 Å². The third-order valence-corrected chi connectivity index (χ3v) is 5.70. The van der Waals surface area contributed by atoms with Gasteiger partial charge in [-0.25, -0.2) is 0 Å². The maximum atomic E-state index is 12.5. The average Bonchev–Trinajstić information content (AvgIpc) is 2.69. The third kappa shape index (κ3) is 4.90. The van der Waals surface area contributed by atoms with E-state index in [4.69, 9.17) is 4.74 Å². The SMILES string of the molecule is C/N=C\Cc1ccc(N2C[C@H](COS(=O)(=O)C(F)(F)F)O[C@H](C)C2)c2cccnc12. The van der Waals surface area contributed by atoms with Gasteiger partial charge in [-0.05, 0) is 30.7 Å². The standard InChI is InChI=1S/C19H22F3N3O4S/c1-13-10-25(11-15(29-13)12-28-30(26,27)19(20,21)22)17-6-5-14(7-9-23-2)18-16(17)4-3-8-24-18/h3-6,8-9,13,15H,7,10-12H2,1-2H3/b23-9-/t13-,15-/m1/s1. The maximum Gasteiger partial charge on any atom is 0.523 e. The zero-order valence-corrected chi connectivity index (χ0v) is 17.3. The van der Waals surface area contributed by atoms with E-state index in [1.807, 2.05) is 29.2 Å². The van der Waals surface area contributed by atoms with E-state index in [0.29, 0.717) is 13.0 Å². The number of rotatable bonds is 6. The summed E-state index contributed by atoms with van der Waals surface area (Å²) < 4.78 is 69.8. The molecule has 1 fully saturated rings. The Balaban J connectivity index is 1.84. The molecule has 7 nitrogen and oxygen atoms in total. The van der Waals surface area contributed by atoms with Crippen LogP contribution in [0.4, 0.5) is 18.9 Å². The lowest BCUT2D eigenvalue weighted by Gasteiger charge is -2.38. The fourth-order valence-electron chi connectivity index (χ4n) is 3.41. The van der Waals surface area contributed by atoms with Crippen LogP contribution < -0.4 is 4.90 Å². The molecule has 30 heavy (non-hydrogen) atoms. The molecule has 0 bridgehead atoms. The first-order chi connectivity index (χ1) is 14.1. The number of anilines is 1. The number of morpholine rings is 1. The van der Waals surface area contributed by atoms with Gasteiger partial charge in [-0.3, -0.25) is 9.17 Å². The number of halogens is 3. The van der Waals surface area contributed by atoms with E-state index in [0.717, 1.165) is 22.2 Å². The van der Waals surface area contributed by atoms with Crippen LogP contribution in [-0.4, -0.2) is 64.1 Å². The quantitative estimate of drug-likeness (QED) is 0.386. The average molecular weight is 445 g/mol. The number of pyridine rings is 1. The molecule has 1 saturated heterocycles. The molecule has 0 radical (unpaired) electrons. The van der Waals surface area contributed by atoms with E-state index in [9.17, 15) is 21.6 Å². The lowest BCUT2D eigenvalue weighted by Crippen LogP contribution is -2.49. The van der Waals surface area contributed by atoms with Gasteiger partial charge in [-0.2, -0.15) is 21.6 Å². The fraction of sp³-hybridized carbons (Fsp3) is 0.474. The predicted molar refractivity (Wildman–Crippen MR) is 107 cm³/mol. The normalized spacial score (nSPS) is 20.9. The highest BCUT2D eigenvalue weighted by Gasteiger charge is 2.47. The van der Waals surface area contributed by atoms with Crippen molar-refractivity contribution in [3.63, 3.8) is 0 Å². The summed E-state index contributed by atoms with van der Waals surface area (Å²) in [4.78, 5) is 10.4. The highest BCUT2D eigenvalue weighted by atomic mass is 32.2. The summed E-state index contributed by atoms with van der Waals surface area (Å²) in [6, 6.07) is 7.59. The van der Waals surface area contributed by atoms with Gasteiger partial charge >= 0.3 is 15.6 Å². The number of alkyl halides is 3. The van der Waals surface area contributed by atoms with Crippen molar-refractivity contribution in [2.45, 2.75) is 31.1 Å². The smallest absolute Gasteiger partial charge is 0.369 e. The van der Waals surface area contributed by atoms with Crippen LogP contribution in [-0.2, 0) is 25.5 Å². The Labute approximate surface area is 172 Å². The molecule has 0 spiro atoms. The molecule has 164 valence electrons. The molecule has 1 aromatic heterocycles. The number of ether oxygens (including phenoxy) is 1. The van der Waals surface area contributed by atoms with E-state index in [2.05, 4.69) is 14.2 Å². The second-order valence-electron chi connectivity index (χ2n) is 6.95. The fourth-order valence-corrected chi connectivity index (χ4v) is 3.88. The van der Waals surface area contributed by atoms with Crippen molar-refractivity contribution in [3.05, 3.63) is 36.0 Å². The predicted octanol–water partition coefficient (Wildman–Crippen LogP) is 2.94. The second-order valence-corrected chi connectivity index (χ2v) is 8.55. The van der Waals surface area contributed by atoms with Gasteiger partial charge < -0.3 is 14.6 Å². The highest BCUT2D eigenvalue weighted by Crippen LogP contribution is 2.31. The van der Waals surface area contributed by atoms with Crippen LogP contribution in [0.15, 0.2) is 35.5 Å². The molecule has 11 heteroatoms. The van der Waals surface area contributed by atoms with Crippen LogP contribution in [0.25, 0.3) is 10.9 Å². The third-order valence-electron chi connectivity index (χ3n) is 4.68. The Morgan fingerprint density at radius 1 is 1.33 bits per heavy atom. The number of fused-ring (bicyclic) bond motifs is 1. The number of nitrogens with zero attached hydrogens (tertiary/aromatic N) is 3. The Morgan fingerprint density at radius 2 is 2.10 bits per heavy atom. The van der Waals surface area contributed by atoms with Crippen molar-refractivity contribution >= 4 is 32.9 Å². The van der Waals surface area contributed by atoms with Crippen LogP contribution >= 0.6 is 0 Å². The van der Waals surface area contributed by atoms with Crippen LogP contribution in [0.1, 0.15) is 12.5 Å². The lowest BCUT2D eigenvalue weighted by molar-refractivity contribution is -0.0656. The molecule has 2 heterocycles. The summed E-state index contributed by atoms with van der Waals surface area (Å²) in [6.45, 7) is 1.72. The van der Waals surface area contributed by atoms with E-state index >= 15 is 0 Å². The van der Waals surface area contributed by atoms with Gasteiger partial charge in [-0.15, -0.1) is 0 Å². The zero-order valence-electron chi connectivity index (χ0n) is 16.5. The van der Waals surface area contributed by atoms with Crippen molar-refractivity contribution in [3.8, 4) is 0 Å². The van der Waals surface area contributed by atoms with E-state index < -0.39 is 28.3 Å². The molecule has 0 aliphatic carbocycles. The Hall–Kier alpha value is -2.24. The summed E-state index contributed by atoms with van der Waals surface area (Å²) >= 11 is 0. The summed E-state index contributed by atoms with van der Waals surface area (Å²) in [7, 11) is -3.97. The van der Waals surface area contributed by atoms with Gasteiger partial charge in [0.15, 0.2) is 0 Å². The van der Waals surface area contributed by atoms with Gasteiger partial charge in [-0.1, -0.05) is 6.07 Å². The van der Waals surface area contributed by atoms with Crippen molar-refractivity contribution in [1.29, 1.82) is 0 Å². The molecule has 0 amide bonds. The van der Waals surface area contributed by atoms with Gasteiger partial charge in [0.2, 0.25) is 0 Å². The van der Waals surface area contributed by atoms with Crippen molar-refractivity contribution in [1.82, 2.24) is 4.98 Å². The number of benzene rings is 1. The maximum absolute atomic E-state index is 12.5. The first-order valence-electron chi connectivity index (χ1n) is 9.25. The second kappa shape index (κ2) is 8.86. The van der Waals surface area contributed by atoms with Crippen LogP contribution in [0.5, 0.6) is 0 Å². The number of aromatic nitrogens is 1. The minimum absolute atomic E-state index is 0.178.